The van der Waals surface area contributed by atoms with E-state index in [0.29, 0.717) is 12.0 Å². The molecule has 1 saturated heterocycles. The normalized spacial score (nSPS) is 42.0. The van der Waals surface area contributed by atoms with Crippen molar-refractivity contribution in [2.24, 2.45) is 17.8 Å². The summed E-state index contributed by atoms with van der Waals surface area (Å²) in [5.74, 6) is -4.44. The van der Waals surface area contributed by atoms with Crippen LogP contribution in [0.4, 0.5) is 0 Å². The van der Waals surface area contributed by atoms with Crippen molar-refractivity contribution in [1.29, 1.82) is 0 Å². The number of allylic oxidation sites excluding steroid dienone is 1. The molecule has 0 amide bonds. The topological polar surface area (TPSA) is 146 Å². The number of rotatable bonds is 6. The van der Waals surface area contributed by atoms with Crippen molar-refractivity contribution in [3.05, 3.63) is 11.6 Å². The van der Waals surface area contributed by atoms with Crippen molar-refractivity contribution in [2.45, 2.75) is 109 Å². The molecule has 2 saturated carbocycles. The van der Waals surface area contributed by atoms with E-state index in [-0.39, 0.29) is 19.3 Å². The number of carbonyl (C=O) groups excluding carboxylic acids is 4. The Labute approximate surface area is 211 Å². The van der Waals surface area contributed by atoms with Crippen molar-refractivity contribution >= 4 is 23.9 Å². The van der Waals surface area contributed by atoms with Gasteiger partial charge in [0.05, 0.1) is 0 Å². The first-order chi connectivity index (χ1) is 16.6. The maximum Gasteiger partial charge on any atom is 0.341 e. The highest BCUT2D eigenvalue weighted by Crippen LogP contribution is 2.58. The van der Waals surface area contributed by atoms with Crippen molar-refractivity contribution in [3.63, 3.8) is 0 Å². The Kier molecular flexibility index (Phi) is 7.64. The molecule has 0 aromatic heterocycles. The Morgan fingerprint density at radius 1 is 1.17 bits per heavy atom. The van der Waals surface area contributed by atoms with E-state index >= 15 is 0 Å². The average molecular weight is 511 g/mol. The first kappa shape index (κ1) is 28.1. The van der Waals surface area contributed by atoms with Gasteiger partial charge in [-0.1, -0.05) is 19.9 Å². The molecule has 2 N–H and O–H groups in total. The third kappa shape index (κ3) is 4.42. The highest BCUT2D eigenvalue weighted by Gasteiger charge is 2.76. The van der Waals surface area contributed by atoms with Gasteiger partial charge in [0.1, 0.15) is 23.9 Å². The summed E-state index contributed by atoms with van der Waals surface area (Å²) in [6, 6.07) is 0. The fourth-order valence-corrected chi connectivity index (χ4v) is 6.19. The van der Waals surface area contributed by atoms with Gasteiger partial charge in [-0.15, -0.1) is 0 Å². The third-order valence-electron chi connectivity index (χ3n) is 8.32. The van der Waals surface area contributed by atoms with Crippen LogP contribution in [-0.2, 0) is 38.1 Å². The lowest BCUT2D eigenvalue weighted by Crippen LogP contribution is -2.65. The van der Waals surface area contributed by atoms with E-state index < -0.39 is 76.7 Å². The summed E-state index contributed by atoms with van der Waals surface area (Å²) in [5.41, 5.74) is -5.61. The molecule has 0 radical (unpaired) electrons. The van der Waals surface area contributed by atoms with Crippen LogP contribution in [0.1, 0.15) is 74.1 Å². The summed E-state index contributed by atoms with van der Waals surface area (Å²) in [6.07, 6.45) is -1.10. The summed E-state index contributed by atoms with van der Waals surface area (Å²) in [6.45, 7) is 11.0. The highest BCUT2D eigenvalue weighted by atomic mass is 16.6. The molecule has 0 aromatic rings. The fourth-order valence-electron chi connectivity index (χ4n) is 6.19. The van der Waals surface area contributed by atoms with E-state index in [0.717, 1.165) is 6.92 Å². The van der Waals surface area contributed by atoms with Gasteiger partial charge < -0.3 is 29.2 Å². The number of aliphatic hydroxyl groups is 2. The van der Waals surface area contributed by atoms with Crippen molar-refractivity contribution < 1.29 is 48.3 Å². The minimum atomic E-state index is -2.41. The van der Waals surface area contributed by atoms with Gasteiger partial charge >= 0.3 is 23.9 Å². The molecule has 0 spiro atoms. The van der Waals surface area contributed by atoms with E-state index in [9.17, 15) is 29.4 Å². The summed E-state index contributed by atoms with van der Waals surface area (Å²) < 4.78 is 22.9. The summed E-state index contributed by atoms with van der Waals surface area (Å²) >= 11 is 0. The van der Waals surface area contributed by atoms with E-state index in [4.69, 9.17) is 18.9 Å². The quantitative estimate of drug-likeness (QED) is 0.309. The predicted octanol–water partition coefficient (Wildman–Crippen LogP) is 1.98. The molecule has 3 aliphatic rings. The van der Waals surface area contributed by atoms with Crippen LogP contribution in [0.2, 0.25) is 0 Å². The van der Waals surface area contributed by atoms with Crippen LogP contribution >= 0.6 is 0 Å². The number of hydrogen-bond acceptors (Lipinski definition) is 10. The largest absolute Gasteiger partial charge is 0.459 e. The van der Waals surface area contributed by atoms with Gasteiger partial charge in [-0.3, -0.25) is 9.59 Å². The van der Waals surface area contributed by atoms with Crippen LogP contribution in [-0.4, -0.2) is 69.2 Å². The van der Waals surface area contributed by atoms with E-state index in [1.807, 2.05) is 0 Å². The van der Waals surface area contributed by atoms with Crippen LogP contribution < -0.4 is 0 Å². The lowest BCUT2D eigenvalue weighted by Gasteiger charge is -2.41. The van der Waals surface area contributed by atoms with Gasteiger partial charge in [-0.2, -0.15) is 0 Å². The monoisotopic (exact) mass is 510 g/mol. The zero-order chi connectivity index (χ0) is 27.2. The molecular formula is C26H38O10. The molecule has 0 bridgehead atoms. The highest BCUT2D eigenvalue weighted by molar-refractivity contribution is 5.87. The zero-order valence-electron chi connectivity index (χ0n) is 22.0. The second kappa shape index (κ2) is 9.78. The SMILES string of the molecule is C/C=C(/C)C(=O)O[C@@H]1C[C@H]2[C@@H]([C@H]1C)[C@@H]1OC(=O)[C@@](C)(O)[C@@]1(O)[C@@H](OC(=O)CCC)C[C@]2(C)OC(C)=O. The van der Waals surface area contributed by atoms with Crippen molar-refractivity contribution in [3.8, 4) is 0 Å². The van der Waals surface area contributed by atoms with Crippen LogP contribution in [0.15, 0.2) is 11.6 Å². The summed E-state index contributed by atoms with van der Waals surface area (Å²) in [7, 11) is 0. The molecule has 202 valence electrons. The van der Waals surface area contributed by atoms with Crippen LogP contribution in [0.25, 0.3) is 0 Å². The Hall–Kier alpha value is -2.46. The zero-order valence-corrected chi connectivity index (χ0v) is 22.0. The number of fused-ring (bicyclic) bond motifs is 3. The maximum atomic E-state index is 12.8. The minimum absolute atomic E-state index is 0.0596. The molecule has 1 aliphatic heterocycles. The van der Waals surface area contributed by atoms with Gasteiger partial charge in [-0.05, 0) is 40.5 Å². The molecule has 2 aliphatic carbocycles. The molecule has 9 atom stereocenters. The summed E-state index contributed by atoms with van der Waals surface area (Å²) in [4.78, 5) is 50.1. The Morgan fingerprint density at radius 2 is 1.81 bits per heavy atom. The lowest BCUT2D eigenvalue weighted by atomic mass is 9.72. The average Bonchev–Trinajstić information content (AvgIpc) is 3.16. The summed E-state index contributed by atoms with van der Waals surface area (Å²) in [5, 5.41) is 23.3. The molecule has 36 heavy (non-hydrogen) atoms. The second-order valence-electron chi connectivity index (χ2n) is 10.8. The fraction of sp³-hybridized carbons (Fsp3) is 0.769. The number of carbonyl (C=O) groups is 4. The van der Waals surface area contributed by atoms with Gasteiger partial charge in [-0.25, -0.2) is 9.59 Å². The molecule has 0 unspecified atom stereocenters. The maximum absolute atomic E-state index is 12.8. The first-order valence-corrected chi connectivity index (χ1v) is 12.5. The number of ether oxygens (including phenoxy) is 4. The molecule has 1 heterocycles. The van der Waals surface area contributed by atoms with Crippen LogP contribution in [0.3, 0.4) is 0 Å². The lowest BCUT2D eigenvalue weighted by molar-refractivity contribution is -0.214. The molecule has 0 aromatic carbocycles. The minimum Gasteiger partial charge on any atom is -0.459 e. The van der Waals surface area contributed by atoms with Crippen molar-refractivity contribution in [2.75, 3.05) is 0 Å². The number of esters is 4. The smallest absolute Gasteiger partial charge is 0.341 e. The standard InChI is InChI=1S/C26H38O10/c1-8-10-19(28)34-18-12-24(6,36-15(5)27)16-11-17(33-22(29)13(3)9-2)14(4)20(16)21-26(18,32)25(7,31)23(30)35-21/h9,14,16-18,20-21,31-32H,8,10-12H2,1-7H3/b13-9-/t14-,16-,17+,18-,20+,21-,24-,25+,26+/m0/s1. The third-order valence-corrected chi connectivity index (χ3v) is 8.32. The molecule has 3 rings (SSSR count). The molecule has 10 heteroatoms. The van der Waals surface area contributed by atoms with E-state index in [2.05, 4.69) is 0 Å². The Balaban J connectivity index is 2.13. The van der Waals surface area contributed by atoms with Crippen LogP contribution in [0.5, 0.6) is 0 Å². The van der Waals surface area contributed by atoms with Gasteiger partial charge in [0, 0.05) is 43.1 Å². The molecule has 10 nitrogen and oxygen atoms in total. The Morgan fingerprint density at radius 3 is 2.36 bits per heavy atom. The van der Waals surface area contributed by atoms with Gasteiger partial charge in [0.25, 0.3) is 0 Å². The molecule has 3 fully saturated rings. The predicted molar refractivity (Wildman–Crippen MR) is 125 cm³/mol. The molecular weight excluding hydrogens is 472 g/mol. The Bertz CT molecular complexity index is 954. The van der Waals surface area contributed by atoms with E-state index in [1.54, 1.807) is 40.7 Å². The van der Waals surface area contributed by atoms with Gasteiger partial charge in [0.15, 0.2) is 11.2 Å². The van der Waals surface area contributed by atoms with Crippen molar-refractivity contribution in [1.82, 2.24) is 0 Å². The number of hydrogen-bond donors (Lipinski definition) is 2. The van der Waals surface area contributed by atoms with Crippen LogP contribution in [0, 0.1) is 17.8 Å². The van der Waals surface area contributed by atoms with E-state index in [1.165, 1.54) is 6.92 Å². The second-order valence-corrected chi connectivity index (χ2v) is 10.8. The first-order valence-electron chi connectivity index (χ1n) is 12.5. The van der Waals surface area contributed by atoms with Gasteiger partial charge in [0.2, 0.25) is 0 Å².